The number of thioether (sulfide) groups is 1. The van der Waals surface area contributed by atoms with Gasteiger partial charge < -0.3 is 15.2 Å². The molecule has 0 saturated heterocycles. The Balaban J connectivity index is 1.87. The molecular weight excluding hydrogens is 499 g/mol. The van der Waals surface area contributed by atoms with E-state index in [0.29, 0.717) is 34.6 Å². The zero-order valence-electron chi connectivity index (χ0n) is 14.4. The Kier molecular flexibility index (Phi) is 6.67. The number of hydrogen-bond donors (Lipinski definition) is 1. The van der Waals surface area contributed by atoms with Gasteiger partial charge in [0.05, 0.1) is 15.1 Å². The van der Waals surface area contributed by atoms with Gasteiger partial charge in [0.15, 0.2) is 16.7 Å². The average Bonchev–Trinajstić information content (AvgIpc) is 2.93. The fraction of sp³-hybridized carbons (Fsp3) is 0.158. The highest BCUT2D eigenvalue weighted by Gasteiger charge is 2.20. The molecule has 0 bridgehead atoms. The van der Waals surface area contributed by atoms with E-state index in [1.165, 1.54) is 0 Å². The third-order valence-electron chi connectivity index (χ3n) is 3.60. The number of ether oxygens (including phenoxy) is 2. The summed E-state index contributed by atoms with van der Waals surface area (Å²) in [5.41, 5.74) is 7.31. The van der Waals surface area contributed by atoms with Gasteiger partial charge >= 0.3 is 0 Å². The molecule has 0 fully saturated rings. The predicted octanol–water partition coefficient (Wildman–Crippen LogP) is 4.85. The van der Waals surface area contributed by atoms with E-state index in [0.717, 1.165) is 26.5 Å². The number of benzene rings is 2. The van der Waals surface area contributed by atoms with Crippen molar-refractivity contribution in [2.45, 2.75) is 13.5 Å². The molecule has 27 heavy (non-hydrogen) atoms. The topological polar surface area (TPSA) is 73.9 Å². The van der Waals surface area contributed by atoms with Gasteiger partial charge in [-0.05, 0) is 71.1 Å². The Morgan fingerprint density at radius 3 is 2.74 bits per heavy atom. The quantitative estimate of drug-likeness (QED) is 0.441. The van der Waals surface area contributed by atoms with Gasteiger partial charge in [-0.1, -0.05) is 29.8 Å². The number of nitrogens with zero attached hydrogens (tertiary/aromatic N) is 1. The molecule has 2 N–H and O–H groups in total. The molecular formula is C19H16ClIN2O3S. The molecule has 0 atom stereocenters. The van der Waals surface area contributed by atoms with Crippen molar-refractivity contribution in [3.05, 3.63) is 61.0 Å². The second-order valence-corrected chi connectivity index (χ2v) is 8.14. The van der Waals surface area contributed by atoms with Crippen LogP contribution in [0.1, 0.15) is 18.1 Å². The molecule has 2 aromatic rings. The minimum Gasteiger partial charge on any atom is -0.490 e. The van der Waals surface area contributed by atoms with Gasteiger partial charge in [0.1, 0.15) is 6.61 Å². The summed E-state index contributed by atoms with van der Waals surface area (Å²) in [5.74, 6) is 0.915. The fourth-order valence-corrected chi connectivity index (χ4v) is 4.07. The van der Waals surface area contributed by atoms with E-state index in [9.17, 15) is 4.79 Å². The molecule has 1 aliphatic heterocycles. The van der Waals surface area contributed by atoms with Crippen LogP contribution in [0.5, 0.6) is 11.5 Å². The van der Waals surface area contributed by atoms with Gasteiger partial charge in [-0.3, -0.25) is 4.79 Å². The standard InChI is InChI=1S/C19H16ClIN2O3S/c1-2-25-15-8-11(9-16-18(24)23-19(22)27-16)7-14(21)17(15)26-10-12-5-3-4-6-13(12)20/h3-9H,2,10H2,1H3,(H2,22,23,24)/b16-9-. The summed E-state index contributed by atoms with van der Waals surface area (Å²) in [6.07, 6.45) is 1.75. The van der Waals surface area contributed by atoms with Gasteiger partial charge in [-0.25, -0.2) is 0 Å². The van der Waals surface area contributed by atoms with Crippen molar-refractivity contribution in [2.24, 2.45) is 10.7 Å². The van der Waals surface area contributed by atoms with Crippen LogP contribution in [0.2, 0.25) is 5.02 Å². The van der Waals surface area contributed by atoms with Crippen molar-refractivity contribution in [1.29, 1.82) is 0 Å². The summed E-state index contributed by atoms with van der Waals surface area (Å²) in [5, 5.41) is 0.909. The van der Waals surface area contributed by atoms with E-state index in [1.54, 1.807) is 6.08 Å². The second kappa shape index (κ2) is 8.99. The van der Waals surface area contributed by atoms with Crippen molar-refractivity contribution in [1.82, 2.24) is 0 Å². The first-order valence-corrected chi connectivity index (χ1v) is 10.4. The molecule has 0 radical (unpaired) electrons. The number of carbonyl (C=O) groups excluding carboxylic acids is 1. The number of aliphatic imine (C=N–C) groups is 1. The van der Waals surface area contributed by atoms with E-state index < -0.39 is 0 Å². The average molecular weight is 515 g/mol. The lowest BCUT2D eigenvalue weighted by atomic mass is 10.2. The highest BCUT2D eigenvalue weighted by atomic mass is 127. The van der Waals surface area contributed by atoms with Crippen LogP contribution in [-0.2, 0) is 11.4 Å². The van der Waals surface area contributed by atoms with E-state index >= 15 is 0 Å². The van der Waals surface area contributed by atoms with Gasteiger partial charge in [-0.15, -0.1) is 0 Å². The molecule has 0 unspecified atom stereocenters. The molecule has 0 saturated carbocycles. The van der Waals surface area contributed by atoms with Crippen LogP contribution in [0.4, 0.5) is 0 Å². The SMILES string of the molecule is CCOc1cc(/C=C2\SC(N)=NC2=O)cc(I)c1OCc1ccccc1Cl. The number of amidine groups is 1. The predicted molar refractivity (Wildman–Crippen MR) is 118 cm³/mol. The van der Waals surface area contributed by atoms with Crippen LogP contribution < -0.4 is 15.2 Å². The zero-order valence-corrected chi connectivity index (χ0v) is 18.1. The minimum absolute atomic E-state index is 0.255. The van der Waals surface area contributed by atoms with E-state index in [-0.39, 0.29) is 11.1 Å². The maximum absolute atomic E-state index is 11.8. The summed E-state index contributed by atoms with van der Waals surface area (Å²) in [4.78, 5) is 16.0. The van der Waals surface area contributed by atoms with Crippen molar-refractivity contribution in [2.75, 3.05) is 6.61 Å². The maximum Gasteiger partial charge on any atom is 0.286 e. The summed E-state index contributed by atoms with van der Waals surface area (Å²) in [7, 11) is 0. The lowest BCUT2D eigenvalue weighted by Gasteiger charge is -2.15. The molecule has 1 heterocycles. The van der Waals surface area contributed by atoms with Gasteiger partial charge in [0.25, 0.3) is 5.91 Å². The van der Waals surface area contributed by atoms with Crippen LogP contribution >= 0.6 is 46.0 Å². The van der Waals surface area contributed by atoms with Crippen LogP contribution in [0.15, 0.2) is 46.3 Å². The normalized spacial score (nSPS) is 15.1. The molecule has 0 aromatic heterocycles. The Morgan fingerprint density at radius 1 is 1.30 bits per heavy atom. The molecule has 0 aliphatic carbocycles. The van der Waals surface area contributed by atoms with Crippen molar-refractivity contribution in [3.63, 3.8) is 0 Å². The number of amides is 1. The first-order chi connectivity index (χ1) is 13.0. The zero-order chi connectivity index (χ0) is 19.4. The van der Waals surface area contributed by atoms with Crippen molar-refractivity contribution < 1.29 is 14.3 Å². The smallest absolute Gasteiger partial charge is 0.286 e. The fourth-order valence-electron chi connectivity index (χ4n) is 2.42. The number of carbonyl (C=O) groups is 1. The molecule has 3 rings (SSSR count). The Hall–Kier alpha value is -1.71. The Morgan fingerprint density at radius 2 is 2.07 bits per heavy atom. The molecule has 8 heteroatoms. The molecule has 0 spiro atoms. The summed E-state index contributed by atoms with van der Waals surface area (Å²) >= 11 is 9.54. The summed E-state index contributed by atoms with van der Waals surface area (Å²) in [6.45, 7) is 2.72. The number of halogens is 2. The lowest BCUT2D eigenvalue weighted by Crippen LogP contribution is -2.02. The van der Waals surface area contributed by atoms with Crippen LogP contribution in [-0.4, -0.2) is 17.7 Å². The highest BCUT2D eigenvalue weighted by Crippen LogP contribution is 2.37. The lowest BCUT2D eigenvalue weighted by molar-refractivity contribution is -0.113. The first-order valence-electron chi connectivity index (χ1n) is 8.08. The highest BCUT2D eigenvalue weighted by molar-refractivity contribution is 14.1. The minimum atomic E-state index is -0.329. The second-order valence-electron chi connectivity index (χ2n) is 5.51. The van der Waals surface area contributed by atoms with Crippen LogP contribution in [0, 0.1) is 3.57 Å². The molecule has 1 aliphatic rings. The molecule has 2 aromatic carbocycles. The van der Waals surface area contributed by atoms with Crippen LogP contribution in [0.3, 0.4) is 0 Å². The monoisotopic (exact) mass is 514 g/mol. The van der Waals surface area contributed by atoms with Gasteiger partial charge in [0, 0.05) is 10.6 Å². The summed E-state index contributed by atoms with van der Waals surface area (Å²) < 4.78 is 12.6. The molecule has 140 valence electrons. The number of rotatable bonds is 6. The van der Waals surface area contributed by atoms with Gasteiger partial charge in [-0.2, -0.15) is 4.99 Å². The van der Waals surface area contributed by atoms with E-state index in [4.69, 9.17) is 26.8 Å². The third kappa shape index (κ3) is 4.97. The largest absolute Gasteiger partial charge is 0.490 e. The van der Waals surface area contributed by atoms with Crippen LogP contribution in [0.25, 0.3) is 6.08 Å². The summed E-state index contributed by atoms with van der Waals surface area (Å²) in [6, 6.07) is 11.3. The first kappa shape index (κ1) is 20.0. The Labute approximate surface area is 180 Å². The van der Waals surface area contributed by atoms with E-state index in [1.807, 2.05) is 43.3 Å². The van der Waals surface area contributed by atoms with E-state index in [2.05, 4.69) is 27.6 Å². The third-order valence-corrected chi connectivity index (χ3v) is 5.58. The van der Waals surface area contributed by atoms with Crippen molar-refractivity contribution in [3.8, 4) is 11.5 Å². The Bertz CT molecular complexity index is 947. The van der Waals surface area contributed by atoms with Crippen molar-refractivity contribution >= 4 is 63.1 Å². The number of nitrogens with two attached hydrogens (primary N) is 1. The van der Waals surface area contributed by atoms with Gasteiger partial charge in [0.2, 0.25) is 0 Å². The molecule has 1 amide bonds. The maximum atomic E-state index is 11.8. The molecule has 5 nitrogen and oxygen atoms in total. The number of hydrogen-bond acceptors (Lipinski definition) is 5.